The molecule has 2 aromatic carbocycles. The summed E-state index contributed by atoms with van der Waals surface area (Å²) in [5.74, 6) is -2.09. The summed E-state index contributed by atoms with van der Waals surface area (Å²) in [4.78, 5) is 43.0. The summed E-state index contributed by atoms with van der Waals surface area (Å²) >= 11 is 6.04. The zero-order valence-electron chi connectivity index (χ0n) is 18.2. The molecule has 0 saturated carbocycles. The first-order valence-electron chi connectivity index (χ1n) is 10.2. The van der Waals surface area contributed by atoms with Gasteiger partial charge < -0.3 is 14.5 Å². The first-order chi connectivity index (χ1) is 14.7. The molecule has 3 rings (SSSR count). The predicted molar refractivity (Wildman–Crippen MR) is 120 cm³/mol. The number of ketones is 2. The Morgan fingerprint density at radius 3 is 2.39 bits per heavy atom. The summed E-state index contributed by atoms with van der Waals surface area (Å²) in [6, 6.07) is 11.4. The van der Waals surface area contributed by atoms with Crippen LogP contribution in [0.15, 0.2) is 42.5 Å². The molecule has 7 heteroatoms. The van der Waals surface area contributed by atoms with Gasteiger partial charge in [0, 0.05) is 17.1 Å². The minimum Gasteiger partial charge on any atom is -0.497 e. The Kier molecular flexibility index (Phi) is 7.13. The van der Waals surface area contributed by atoms with Gasteiger partial charge in [-0.1, -0.05) is 23.7 Å². The maximum Gasteiger partial charge on any atom is 0.291 e. The Morgan fingerprint density at radius 2 is 1.81 bits per heavy atom. The molecule has 0 radical (unpaired) electrons. The summed E-state index contributed by atoms with van der Waals surface area (Å²) in [5, 5.41) is 0.549. The van der Waals surface area contributed by atoms with Gasteiger partial charge in [-0.15, -0.1) is 0 Å². The molecule has 2 unspecified atom stereocenters. The van der Waals surface area contributed by atoms with Gasteiger partial charge in [-0.25, -0.2) is 0 Å². The minimum atomic E-state index is -1.10. The topological polar surface area (TPSA) is 66.9 Å². The predicted octanol–water partition coefficient (Wildman–Crippen LogP) is 3.56. The molecule has 31 heavy (non-hydrogen) atoms. The van der Waals surface area contributed by atoms with Crippen LogP contribution in [-0.4, -0.2) is 61.6 Å². The molecule has 164 valence electrons. The highest BCUT2D eigenvalue weighted by Gasteiger charge is 2.51. The van der Waals surface area contributed by atoms with E-state index in [0.29, 0.717) is 34.9 Å². The van der Waals surface area contributed by atoms with Crippen molar-refractivity contribution in [2.75, 3.05) is 34.3 Å². The number of carbonyl (C=O) groups is 3. The summed E-state index contributed by atoms with van der Waals surface area (Å²) in [6.45, 7) is 2.95. The van der Waals surface area contributed by atoms with Crippen LogP contribution in [0.3, 0.4) is 0 Å². The van der Waals surface area contributed by atoms with Gasteiger partial charge in [0.15, 0.2) is 5.78 Å². The number of benzene rings is 2. The number of aryl methyl sites for hydroxylation is 1. The van der Waals surface area contributed by atoms with Gasteiger partial charge >= 0.3 is 0 Å². The van der Waals surface area contributed by atoms with Crippen LogP contribution in [0.1, 0.15) is 33.9 Å². The third-order valence-electron chi connectivity index (χ3n) is 5.60. The van der Waals surface area contributed by atoms with Crippen molar-refractivity contribution in [3.8, 4) is 5.75 Å². The van der Waals surface area contributed by atoms with Gasteiger partial charge in [0.2, 0.25) is 5.78 Å². The lowest BCUT2D eigenvalue weighted by Crippen LogP contribution is -2.33. The minimum absolute atomic E-state index is 0.353. The molecule has 1 heterocycles. The standard InChI is InChI=1S/C24H27ClN2O4/c1-15-14-18(31-4)10-11-19(15)22(28)20-21(16-6-8-17(25)9-7-16)27(24(30)23(20)29)13-5-12-26(2)3/h6-11,14,20-21H,5,12-13H2,1-4H3. The molecule has 1 aliphatic rings. The monoisotopic (exact) mass is 442 g/mol. The zero-order chi connectivity index (χ0) is 22.7. The van der Waals surface area contributed by atoms with Crippen LogP contribution in [-0.2, 0) is 9.59 Å². The molecule has 0 aromatic heterocycles. The molecule has 1 amide bonds. The Bertz CT molecular complexity index is 988. The van der Waals surface area contributed by atoms with Gasteiger partial charge in [-0.3, -0.25) is 14.4 Å². The second-order valence-corrected chi connectivity index (χ2v) is 8.48. The number of halogens is 1. The van der Waals surface area contributed by atoms with E-state index in [-0.39, 0.29) is 5.78 Å². The number of ether oxygens (including phenoxy) is 1. The first-order valence-corrected chi connectivity index (χ1v) is 10.6. The number of amides is 1. The highest BCUT2D eigenvalue weighted by Crippen LogP contribution is 2.39. The SMILES string of the molecule is COc1ccc(C(=O)C2C(=O)C(=O)N(CCCN(C)C)C2c2ccc(Cl)cc2)c(C)c1. The van der Waals surface area contributed by atoms with Gasteiger partial charge in [0.05, 0.1) is 13.2 Å². The van der Waals surface area contributed by atoms with Crippen molar-refractivity contribution in [2.45, 2.75) is 19.4 Å². The molecule has 0 N–H and O–H groups in total. The number of Topliss-reactive ketones (excluding diaryl/α,β-unsaturated/α-hetero) is 2. The number of carbonyl (C=O) groups excluding carboxylic acids is 3. The first kappa shape index (κ1) is 23.0. The van der Waals surface area contributed by atoms with Crippen LogP contribution in [0.2, 0.25) is 5.02 Å². The van der Waals surface area contributed by atoms with E-state index >= 15 is 0 Å². The lowest BCUT2D eigenvalue weighted by atomic mass is 9.85. The van der Waals surface area contributed by atoms with E-state index in [1.807, 2.05) is 19.0 Å². The molecule has 6 nitrogen and oxygen atoms in total. The smallest absolute Gasteiger partial charge is 0.291 e. The molecule has 1 aliphatic heterocycles. The van der Waals surface area contributed by atoms with Crippen LogP contribution < -0.4 is 4.74 Å². The number of rotatable bonds is 8. The van der Waals surface area contributed by atoms with E-state index in [0.717, 1.165) is 12.1 Å². The molecular formula is C24H27ClN2O4. The third kappa shape index (κ3) is 4.81. The van der Waals surface area contributed by atoms with Gasteiger partial charge in [0.1, 0.15) is 11.7 Å². The zero-order valence-corrected chi connectivity index (χ0v) is 19.0. The number of likely N-dealkylation sites (tertiary alicyclic amines) is 1. The average Bonchev–Trinajstić information content (AvgIpc) is 2.98. The summed E-state index contributed by atoms with van der Waals surface area (Å²) in [5.41, 5.74) is 1.84. The number of hydrogen-bond acceptors (Lipinski definition) is 5. The second-order valence-electron chi connectivity index (χ2n) is 8.04. The van der Waals surface area contributed by atoms with Crippen molar-refractivity contribution in [3.05, 3.63) is 64.2 Å². The molecular weight excluding hydrogens is 416 g/mol. The van der Waals surface area contributed by atoms with E-state index < -0.39 is 23.7 Å². The van der Waals surface area contributed by atoms with Crippen molar-refractivity contribution in [3.63, 3.8) is 0 Å². The molecule has 0 aliphatic carbocycles. The maximum atomic E-state index is 13.5. The molecule has 1 saturated heterocycles. The Morgan fingerprint density at radius 1 is 1.13 bits per heavy atom. The molecule has 1 fully saturated rings. The highest BCUT2D eigenvalue weighted by molar-refractivity contribution is 6.44. The Balaban J connectivity index is 2.01. The number of nitrogens with zero attached hydrogens (tertiary/aromatic N) is 2. The fourth-order valence-corrected chi connectivity index (χ4v) is 4.15. The summed E-state index contributed by atoms with van der Waals surface area (Å²) in [6.07, 6.45) is 0.693. The number of methoxy groups -OCH3 is 1. The molecule has 2 atom stereocenters. The highest BCUT2D eigenvalue weighted by atomic mass is 35.5. The van der Waals surface area contributed by atoms with Gasteiger partial charge in [-0.05, 0) is 75.4 Å². The lowest BCUT2D eigenvalue weighted by molar-refractivity contribution is -0.140. The fraction of sp³-hybridized carbons (Fsp3) is 0.375. The van der Waals surface area contributed by atoms with Crippen LogP contribution >= 0.6 is 11.6 Å². The van der Waals surface area contributed by atoms with E-state index in [9.17, 15) is 14.4 Å². The van der Waals surface area contributed by atoms with Crippen molar-refractivity contribution in [1.82, 2.24) is 9.80 Å². The van der Waals surface area contributed by atoms with E-state index in [1.54, 1.807) is 56.5 Å². The quantitative estimate of drug-likeness (QED) is 0.355. The van der Waals surface area contributed by atoms with Gasteiger partial charge in [-0.2, -0.15) is 0 Å². The molecule has 0 spiro atoms. The van der Waals surface area contributed by atoms with Crippen molar-refractivity contribution in [2.24, 2.45) is 5.92 Å². The second kappa shape index (κ2) is 9.62. The van der Waals surface area contributed by atoms with Crippen molar-refractivity contribution in [1.29, 1.82) is 0 Å². The Hall–Kier alpha value is -2.70. The van der Waals surface area contributed by atoms with Crippen LogP contribution in [0, 0.1) is 12.8 Å². The Labute approximate surface area is 187 Å². The molecule has 2 aromatic rings. The molecule has 0 bridgehead atoms. The maximum absolute atomic E-state index is 13.5. The van der Waals surface area contributed by atoms with Crippen molar-refractivity contribution < 1.29 is 19.1 Å². The largest absolute Gasteiger partial charge is 0.497 e. The van der Waals surface area contributed by atoms with Crippen molar-refractivity contribution >= 4 is 29.1 Å². The van der Waals surface area contributed by atoms with E-state index in [2.05, 4.69) is 0 Å². The third-order valence-corrected chi connectivity index (χ3v) is 5.85. The average molecular weight is 443 g/mol. The van der Waals surface area contributed by atoms with Crippen LogP contribution in [0.25, 0.3) is 0 Å². The summed E-state index contributed by atoms with van der Waals surface area (Å²) in [7, 11) is 5.45. The van der Waals surface area contributed by atoms with Crippen LogP contribution in [0.4, 0.5) is 0 Å². The fourth-order valence-electron chi connectivity index (χ4n) is 4.02. The van der Waals surface area contributed by atoms with Crippen LogP contribution in [0.5, 0.6) is 5.75 Å². The summed E-state index contributed by atoms with van der Waals surface area (Å²) < 4.78 is 5.22. The lowest BCUT2D eigenvalue weighted by Gasteiger charge is -2.28. The number of hydrogen-bond donors (Lipinski definition) is 0. The van der Waals surface area contributed by atoms with E-state index in [4.69, 9.17) is 16.3 Å². The van der Waals surface area contributed by atoms with E-state index in [1.165, 1.54) is 4.90 Å². The van der Waals surface area contributed by atoms with Gasteiger partial charge in [0.25, 0.3) is 5.91 Å². The normalized spacial score (nSPS) is 18.7.